The number of nitrogens with one attached hydrogen (secondary N) is 2. The van der Waals surface area contributed by atoms with Crippen molar-refractivity contribution in [3.05, 3.63) is 71.4 Å². The average Bonchev–Trinajstić information content (AvgIpc) is 2.72. The van der Waals surface area contributed by atoms with E-state index in [0.717, 1.165) is 11.4 Å². The van der Waals surface area contributed by atoms with E-state index >= 15 is 0 Å². The Hall–Kier alpha value is -3.28. The molecule has 1 aromatic heterocycles. The van der Waals surface area contributed by atoms with Crippen LogP contribution in [0.1, 0.15) is 16.7 Å². The summed E-state index contributed by atoms with van der Waals surface area (Å²) in [7, 11) is 3.25. The van der Waals surface area contributed by atoms with E-state index in [1.165, 1.54) is 11.1 Å². The van der Waals surface area contributed by atoms with Crippen LogP contribution >= 0.6 is 0 Å². The lowest BCUT2D eigenvalue weighted by molar-refractivity contribution is 0.354. The highest BCUT2D eigenvalue weighted by Crippen LogP contribution is 2.27. The molecule has 0 bridgehead atoms. The summed E-state index contributed by atoms with van der Waals surface area (Å²) in [6.07, 6.45) is 1.74. The van der Waals surface area contributed by atoms with Crippen molar-refractivity contribution in [3.8, 4) is 11.5 Å². The summed E-state index contributed by atoms with van der Waals surface area (Å²) in [5.74, 6) is 2.75. The number of benzene rings is 2. The minimum absolute atomic E-state index is 0.568. The van der Waals surface area contributed by atoms with Gasteiger partial charge in [0.15, 0.2) is 11.5 Å². The maximum Gasteiger partial charge on any atom is 0.224 e. The van der Waals surface area contributed by atoms with Crippen LogP contribution in [0.15, 0.2) is 54.7 Å². The van der Waals surface area contributed by atoms with Crippen LogP contribution in [-0.2, 0) is 13.1 Å². The fraction of sp³-hybridized carbons (Fsp3) is 0.238. The summed E-state index contributed by atoms with van der Waals surface area (Å²) in [4.78, 5) is 8.79. The molecule has 0 radical (unpaired) electrons. The number of aromatic nitrogens is 2. The van der Waals surface area contributed by atoms with Crippen LogP contribution in [0.5, 0.6) is 11.5 Å². The quantitative estimate of drug-likeness (QED) is 0.629. The lowest BCUT2D eigenvalue weighted by Crippen LogP contribution is -2.07. The molecule has 140 valence electrons. The summed E-state index contributed by atoms with van der Waals surface area (Å²) in [5.41, 5.74) is 3.51. The number of hydrogen-bond acceptors (Lipinski definition) is 6. The minimum atomic E-state index is 0.568. The van der Waals surface area contributed by atoms with E-state index in [4.69, 9.17) is 9.47 Å². The smallest absolute Gasteiger partial charge is 0.224 e. The molecule has 0 unspecified atom stereocenters. The van der Waals surface area contributed by atoms with Crippen molar-refractivity contribution >= 4 is 11.8 Å². The van der Waals surface area contributed by atoms with Crippen LogP contribution in [0.4, 0.5) is 11.8 Å². The van der Waals surface area contributed by atoms with Gasteiger partial charge in [0.05, 0.1) is 14.2 Å². The van der Waals surface area contributed by atoms with Crippen molar-refractivity contribution in [2.45, 2.75) is 20.0 Å². The van der Waals surface area contributed by atoms with Gasteiger partial charge in [-0.3, -0.25) is 0 Å². The van der Waals surface area contributed by atoms with E-state index < -0.39 is 0 Å². The molecule has 1 heterocycles. The van der Waals surface area contributed by atoms with Gasteiger partial charge >= 0.3 is 0 Å². The van der Waals surface area contributed by atoms with Gasteiger partial charge in [-0.15, -0.1) is 0 Å². The van der Waals surface area contributed by atoms with Crippen molar-refractivity contribution in [2.75, 3.05) is 24.9 Å². The molecule has 3 rings (SSSR count). The Labute approximate surface area is 159 Å². The summed E-state index contributed by atoms with van der Waals surface area (Å²) in [5, 5.41) is 6.56. The Morgan fingerprint density at radius 2 is 1.52 bits per heavy atom. The largest absolute Gasteiger partial charge is 0.493 e. The fourth-order valence-corrected chi connectivity index (χ4v) is 2.61. The van der Waals surface area contributed by atoms with Gasteiger partial charge in [0.25, 0.3) is 0 Å². The molecule has 0 aliphatic heterocycles. The zero-order chi connectivity index (χ0) is 19.1. The maximum atomic E-state index is 5.34. The van der Waals surface area contributed by atoms with Gasteiger partial charge in [-0.2, -0.15) is 4.98 Å². The Morgan fingerprint density at radius 1 is 0.815 bits per heavy atom. The minimum Gasteiger partial charge on any atom is -0.493 e. The third-order valence-electron chi connectivity index (χ3n) is 4.15. The average molecular weight is 364 g/mol. The molecule has 0 aliphatic rings. The third kappa shape index (κ3) is 5.10. The van der Waals surface area contributed by atoms with Gasteiger partial charge in [0, 0.05) is 19.3 Å². The van der Waals surface area contributed by atoms with Gasteiger partial charge in [0.2, 0.25) is 5.95 Å². The molecule has 2 aromatic carbocycles. The first kappa shape index (κ1) is 18.5. The zero-order valence-electron chi connectivity index (χ0n) is 15.8. The van der Waals surface area contributed by atoms with E-state index in [1.807, 2.05) is 24.3 Å². The first-order valence-corrected chi connectivity index (χ1v) is 8.75. The molecule has 3 aromatic rings. The topological polar surface area (TPSA) is 68.3 Å². The Balaban J connectivity index is 1.59. The first-order chi connectivity index (χ1) is 13.2. The van der Waals surface area contributed by atoms with E-state index in [-0.39, 0.29) is 0 Å². The molecule has 0 spiro atoms. The number of aryl methyl sites for hydroxylation is 1. The normalized spacial score (nSPS) is 10.3. The standard InChI is InChI=1S/C21H24N4O2/c1-15-4-6-16(7-5-15)13-23-20-10-11-22-21(25-20)24-14-17-8-9-18(26-2)19(12-17)27-3/h4-12H,13-14H2,1-3H3,(H2,22,23,24,25). The van der Waals surface area contributed by atoms with Gasteiger partial charge in [0.1, 0.15) is 5.82 Å². The molecule has 0 saturated carbocycles. The Bertz CT molecular complexity index is 882. The molecule has 6 nitrogen and oxygen atoms in total. The zero-order valence-corrected chi connectivity index (χ0v) is 15.8. The predicted molar refractivity (Wildman–Crippen MR) is 107 cm³/mol. The molecule has 6 heteroatoms. The number of methoxy groups -OCH3 is 2. The number of anilines is 2. The van der Waals surface area contributed by atoms with Crippen LogP contribution in [0.25, 0.3) is 0 Å². The van der Waals surface area contributed by atoms with Crippen LogP contribution in [0.2, 0.25) is 0 Å². The molecule has 0 amide bonds. The summed E-state index contributed by atoms with van der Waals surface area (Å²) < 4.78 is 10.6. The molecule has 0 atom stereocenters. The summed E-state index contributed by atoms with van der Waals surface area (Å²) >= 11 is 0. The summed E-state index contributed by atoms with van der Waals surface area (Å²) in [6, 6.07) is 16.1. The van der Waals surface area contributed by atoms with E-state index in [0.29, 0.717) is 30.5 Å². The highest BCUT2D eigenvalue weighted by Gasteiger charge is 2.05. The second-order valence-electron chi connectivity index (χ2n) is 6.15. The van der Waals surface area contributed by atoms with E-state index in [9.17, 15) is 0 Å². The number of rotatable bonds is 8. The van der Waals surface area contributed by atoms with Gasteiger partial charge in [-0.05, 0) is 36.2 Å². The molecular weight excluding hydrogens is 340 g/mol. The van der Waals surface area contributed by atoms with Crippen molar-refractivity contribution in [1.82, 2.24) is 9.97 Å². The Morgan fingerprint density at radius 3 is 2.26 bits per heavy atom. The molecular formula is C21H24N4O2. The van der Waals surface area contributed by atoms with Crippen molar-refractivity contribution in [2.24, 2.45) is 0 Å². The van der Waals surface area contributed by atoms with Crippen LogP contribution in [-0.4, -0.2) is 24.2 Å². The van der Waals surface area contributed by atoms with Crippen molar-refractivity contribution in [1.29, 1.82) is 0 Å². The molecule has 2 N–H and O–H groups in total. The predicted octanol–water partition coefficient (Wildman–Crippen LogP) is 4.03. The molecule has 27 heavy (non-hydrogen) atoms. The van der Waals surface area contributed by atoms with Crippen molar-refractivity contribution < 1.29 is 9.47 Å². The van der Waals surface area contributed by atoms with Crippen LogP contribution in [0.3, 0.4) is 0 Å². The molecule has 0 saturated heterocycles. The Kier molecular flexibility index (Phi) is 6.10. The summed E-state index contributed by atoms with van der Waals surface area (Å²) in [6.45, 7) is 3.38. The third-order valence-corrected chi connectivity index (χ3v) is 4.15. The van der Waals surface area contributed by atoms with Gasteiger partial charge in [-0.1, -0.05) is 35.9 Å². The number of nitrogens with zero attached hydrogens (tertiary/aromatic N) is 2. The van der Waals surface area contributed by atoms with E-state index in [2.05, 4.69) is 51.8 Å². The second kappa shape index (κ2) is 8.89. The SMILES string of the molecule is COc1ccc(CNc2nccc(NCc3ccc(C)cc3)n2)cc1OC. The molecule has 0 aliphatic carbocycles. The maximum absolute atomic E-state index is 5.34. The number of hydrogen-bond donors (Lipinski definition) is 2. The highest BCUT2D eigenvalue weighted by atomic mass is 16.5. The lowest BCUT2D eigenvalue weighted by Gasteiger charge is -2.11. The second-order valence-corrected chi connectivity index (χ2v) is 6.15. The van der Waals surface area contributed by atoms with Crippen LogP contribution in [0, 0.1) is 6.92 Å². The monoisotopic (exact) mass is 364 g/mol. The van der Waals surface area contributed by atoms with Crippen molar-refractivity contribution in [3.63, 3.8) is 0 Å². The first-order valence-electron chi connectivity index (χ1n) is 8.75. The fourth-order valence-electron chi connectivity index (χ4n) is 2.61. The van der Waals surface area contributed by atoms with Crippen LogP contribution < -0.4 is 20.1 Å². The molecule has 0 fully saturated rings. The van der Waals surface area contributed by atoms with Gasteiger partial charge in [-0.25, -0.2) is 4.98 Å². The van der Waals surface area contributed by atoms with Gasteiger partial charge < -0.3 is 20.1 Å². The lowest BCUT2D eigenvalue weighted by atomic mass is 10.1. The number of ether oxygens (including phenoxy) is 2. The highest BCUT2D eigenvalue weighted by molar-refractivity contribution is 5.45. The van der Waals surface area contributed by atoms with E-state index in [1.54, 1.807) is 20.4 Å².